The summed E-state index contributed by atoms with van der Waals surface area (Å²) >= 11 is 0. The monoisotopic (exact) mass is 342 g/mol. The Morgan fingerprint density at radius 2 is 2.00 bits per heavy atom. The maximum Gasteiger partial charge on any atom is 0.417 e. The highest BCUT2D eigenvalue weighted by Crippen LogP contribution is 2.25. The number of oxazole rings is 1. The fourth-order valence-corrected chi connectivity index (χ4v) is 2.43. The third kappa shape index (κ3) is 4.20. The van der Waals surface area contributed by atoms with Crippen molar-refractivity contribution in [3.8, 4) is 11.5 Å². The molecule has 0 bridgehead atoms. The fraction of sp³-hybridized carbons (Fsp3) is 0.222. The summed E-state index contributed by atoms with van der Waals surface area (Å²) in [5, 5.41) is 2.79. The number of fused-ring (bicyclic) bond motifs is 1. The minimum absolute atomic E-state index is 0.0888. The second kappa shape index (κ2) is 7.57. The molecule has 1 amide bonds. The fourth-order valence-electron chi connectivity index (χ4n) is 2.43. The van der Waals surface area contributed by atoms with Crippen molar-refractivity contribution in [2.45, 2.75) is 6.42 Å². The van der Waals surface area contributed by atoms with Crippen LogP contribution >= 0.6 is 0 Å². The number of H-pyrrole nitrogens is 1. The van der Waals surface area contributed by atoms with Gasteiger partial charge in [0.2, 0.25) is 0 Å². The third-order valence-corrected chi connectivity index (χ3v) is 3.65. The van der Waals surface area contributed by atoms with Crippen LogP contribution in [-0.4, -0.2) is 31.2 Å². The summed E-state index contributed by atoms with van der Waals surface area (Å²) < 4.78 is 15.6. The normalized spacial score (nSPS) is 10.6. The lowest BCUT2D eigenvalue weighted by molar-refractivity contribution is -0.123. The number of carbonyl (C=O) groups excluding carboxylic acids is 1. The van der Waals surface area contributed by atoms with Crippen LogP contribution in [0.5, 0.6) is 11.5 Å². The van der Waals surface area contributed by atoms with Gasteiger partial charge in [0.05, 0.1) is 12.6 Å². The van der Waals surface area contributed by atoms with E-state index in [0.29, 0.717) is 35.6 Å². The van der Waals surface area contributed by atoms with Crippen LogP contribution in [0.15, 0.2) is 51.7 Å². The van der Waals surface area contributed by atoms with E-state index in [1.165, 1.54) is 0 Å². The molecule has 7 nitrogen and oxygen atoms in total. The van der Waals surface area contributed by atoms with Gasteiger partial charge < -0.3 is 19.2 Å². The first-order valence-electron chi connectivity index (χ1n) is 7.80. The average Bonchev–Trinajstić information content (AvgIpc) is 2.99. The molecule has 0 aliphatic heterocycles. The Bertz CT molecular complexity index is 928. The van der Waals surface area contributed by atoms with Gasteiger partial charge in [-0.3, -0.25) is 9.78 Å². The van der Waals surface area contributed by atoms with Gasteiger partial charge >= 0.3 is 5.76 Å². The number of benzene rings is 2. The Morgan fingerprint density at radius 1 is 1.20 bits per heavy atom. The molecule has 0 fully saturated rings. The molecule has 3 rings (SSSR count). The predicted octanol–water partition coefficient (Wildman–Crippen LogP) is 1.87. The van der Waals surface area contributed by atoms with E-state index in [1.807, 2.05) is 24.3 Å². The number of para-hydroxylation sites is 2. The van der Waals surface area contributed by atoms with Crippen molar-refractivity contribution < 1.29 is 18.7 Å². The molecule has 0 saturated carbocycles. The van der Waals surface area contributed by atoms with E-state index in [-0.39, 0.29) is 12.5 Å². The molecule has 2 N–H and O–H groups in total. The summed E-state index contributed by atoms with van der Waals surface area (Å²) in [7, 11) is 1.55. The summed E-state index contributed by atoms with van der Waals surface area (Å²) in [5.74, 6) is 0.407. The Morgan fingerprint density at radius 3 is 2.80 bits per heavy atom. The number of hydrogen-bond donors (Lipinski definition) is 2. The van der Waals surface area contributed by atoms with Crippen molar-refractivity contribution in [1.29, 1.82) is 0 Å². The van der Waals surface area contributed by atoms with E-state index >= 15 is 0 Å². The molecule has 3 aromatic rings. The minimum atomic E-state index is -0.478. The van der Waals surface area contributed by atoms with Crippen LogP contribution in [-0.2, 0) is 11.2 Å². The summed E-state index contributed by atoms with van der Waals surface area (Å²) in [6, 6.07) is 12.6. The zero-order chi connectivity index (χ0) is 17.6. The second-order valence-electron chi connectivity index (χ2n) is 5.38. The van der Waals surface area contributed by atoms with Gasteiger partial charge in [-0.15, -0.1) is 0 Å². The van der Waals surface area contributed by atoms with Crippen molar-refractivity contribution in [2.24, 2.45) is 0 Å². The summed E-state index contributed by atoms with van der Waals surface area (Å²) in [6.45, 7) is 0.371. The number of aromatic nitrogens is 1. The van der Waals surface area contributed by atoms with Gasteiger partial charge in [0.15, 0.2) is 23.7 Å². The van der Waals surface area contributed by atoms with Crippen LogP contribution < -0.4 is 20.5 Å². The van der Waals surface area contributed by atoms with Crippen molar-refractivity contribution in [2.75, 3.05) is 20.3 Å². The molecule has 0 spiro atoms. The minimum Gasteiger partial charge on any atom is -0.493 e. The van der Waals surface area contributed by atoms with Gasteiger partial charge in [-0.25, -0.2) is 4.79 Å². The second-order valence-corrected chi connectivity index (χ2v) is 5.38. The molecule has 7 heteroatoms. The third-order valence-electron chi connectivity index (χ3n) is 3.65. The SMILES string of the molecule is COc1ccccc1OCC(=O)NCCc1ccc2oc(=O)[nH]c2c1. The van der Waals surface area contributed by atoms with Crippen molar-refractivity contribution in [1.82, 2.24) is 10.3 Å². The number of ether oxygens (including phenoxy) is 2. The van der Waals surface area contributed by atoms with Crippen LogP contribution in [0.3, 0.4) is 0 Å². The van der Waals surface area contributed by atoms with Crippen LogP contribution in [0.25, 0.3) is 11.1 Å². The number of nitrogens with one attached hydrogen (secondary N) is 2. The maximum atomic E-state index is 11.9. The number of carbonyl (C=O) groups is 1. The number of aromatic amines is 1. The Hall–Kier alpha value is -3.22. The Balaban J connectivity index is 1.47. The van der Waals surface area contributed by atoms with Gasteiger partial charge in [0.1, 0.15) is 0 Å². The molecular formula is C18H18N2O5. The lowest BCUT2D eigenvalue weighted by Crippen LogP contribution is -2.30. The summed E-state index contributed by atoms with van der Waals surface area (Å²) in [4.78, 5) is 25.6. The van der Waals surface area contributed by atoms with E-state index in [1.54, 1.807) is 25.3 Å². The number of hydrogen-bond acceptors (Lipinski definition) is 5. The largest absolute Gasteiger partial charge is 0.493 e. The molecule has 0 radical (unpaired) electrons. The van der Waals surface area contributed by atoms with Crippen molar-refractivity contribution >= 4 is 17.0 Å². The molecule has 1 aromatic heterocycles. The van der Waals surface area contributed by atoms with Gasteiger partial charge in [0.25, 0.3) is 5.91 Å². The number of rotatable bonds is 7. The molecule has 0 aliphatic rings. The van der Waals surface area contributed by atoms with E-state index in [0.717, 1.165) is 5.56 Å². The molecular weight excluding hydrogens is 324 g/mol. The average molecular weight is 342 g/mol. The first kappa shape index (κ1) is 16.6. The summed E-state index contributed by atoms with van der Waals surface area (Å²) in [5.41, 5.74) is 2.15. The van der Waals surface area contributed by atoms with Crippen LogP contribution in [0.2, 0.25) is 0 Å². The van der Waals surface area contributed by atoms with Gasteiger partial charge in [0, 0.05) is 6.54 Å². The first-order valence-corrected chi connectivity index (χ1v) is 7.80. The maximum absolute atomic E-state index is 11.9. The Labute approximate surface area is 143 Å². The quantitative estimate of drug-likeness (QED) is 0.684. The molecule has 0 saturated heterocycles. The van der Waals surface area contributed by atoms with Crippen LogP contribution in [0.1, 0.15) is 5.56 Å². The van der Waals surface area contributed by atoms with E-state index in [4.69, 9.17) is 13.9 Å². The van der Waals surface area contributed by atoms with Gasteiger partial charge in [-0.05, 0) is 36.2 Å². The van der Waals surface area contributed by atoms with Crippen molar-refractivity contribution in [3.63, 3.8) is 0 Å². The summed E-state index contributed by atoms with van der Waals surface area (Å²) in [6.07, 6.45) is 0.629. The predicted molar refractivity (Wildman–Crippen MR) is 92.0 cm³/mol. The zero-order valence-corrected chi connectivity index (χ0v) is 13.7. The van der Waals surface area contributed by atoms with Crippen LogP contribution in [0.4, 0.5) is 0 Å². The molecule has 0 aliphatic carbocycles. The molecule has 130 valence electrons. The van der Waals surface area contributed by atoms with Crippen molar-refractivity contribution in [3.05, 3.63) is 58.6 Å². The lowest BCUT2D eigenvalue weighted by Gasteiger charge is -2.10. The molecule has 25 heavy (non-hydrogen) atoms. The van der Waals surface area contributed by atoms with Crippen LogP contribution in [0, 0.1) is 0 Å². The lowest BCUT2D eigenvalue weighted by atomic mass is 10.1. The highest BCUT2D eigenvalue weighted by Gasteiger charge is 2.07. The standard InChI is InChI=1S/C18H18N2O5/c1-23-15-4-2-3-5-16(15)24-11-17(21)19-9-8-12-6-7-14-13(10-12)20-18(22)25-14/h2-7,10H,8-9,11H2,1H3,(H,19,21)(H,20,22). The van der Waals surface area contributed by atoms with Gasteiger partial charge in [-0.2, -0.15) is 0 Å². The Kier molecular flexibility index (Phi) is 5.03. The molecule has 0 atom stereocenters. The smallest absolute Gasteiger partial charge is 0.417 e. The number of amides is 1. The molecule has 2 aromatic carbocycles. The van der Waals surface area contributed by atoms with E-state index in [9.17, 15) is 9.59 Å². The highest BCUT2D eigenvalue weighted by atomic mass is 16.5. The first-order chi connectivity index (χ1) is 12.2. The number of methoxy groups -OCH3 is 1. The van der Waals surface area contributed by atoms with E-state index in [2.05, 4.69) is 10.3 Å². The zero-order valence-electron chi connectivity index (χ0n) is 13.7. The van der Waals surface area contributed by atoms with E-state index < -0.39 is 5.76 Å². The topological polar surface area (TPSA) is 93.6 Å². The molecule has 1 heterocycles. The van der Waals surface area contributed by atoms with Gasteiger partial charge in [-0.1, -0.05) is 18.2 Å². The molecule has 0 unspecified atom stereocenters. The highest BCUT2D eigenvalue weighted by molar-refractivity contribution is 5.77.